The quantitative estimate of drug-likeness (QED) is 0.374. The normalized spacial score (nSPS) is 19.0. The van der Waals surface area contributed by atoms with Crippen molar-refractivity contribution in [1.29, 1.82) is 0 Å². The van der Waals surface area contributed by atoms with Crippen LogP contribution in [0.3, 0.4) is 0 Å². The molecule has 1 aliphatic heterocycles. The number of anilines is 1. The molecule has 0 saturated carbocycles. The van der Waals surface area contributed by atoms with Crippen LogP contribution in [0.2, 0.25) is 0 Å². The maximum atomic E-state index is 13.1. The number of piperidine rings is 1. The molecule has 0 unspecified atom stereocenters. The van der Waals surface area contributed by atoms with Gasteiger partial charge in [-0.3, -0.25) is 19.7 Å². The molecule has 0 radical (unpaired) electrons. The number of aromatic nitrogens is 5. The van der Waals surface area contributed by atoms with Crippen LogP contribution in [-0.2, 0) is 6.42 Å². The monoisotopic (exact) mass is 455 g/mol. The molecule has 1 atom stereocenters. The van der Waals surface area contributed by atoms with Crippen molar-refractivity contribution in [1.82, 2.24) is 25.1 Å². The summed E-state index contributed by atoms with van der Waals surface area (Å²) >= 11 is 0. The largest absolute Gasteiger partial charge is 0.342 e. The number of rotatable bonds is 3. The average molecular weight is 456 g/mol. The van der Waals surface area contributed by atoms with E-state index in [1.165, 1.54) is 23.4 Å². The molecular formula is C25H25N7O2. The highest BCUT2D eigenvalue weighted by Crippen LogP contribution is 2.50. The fraction of sp³-hybridized carbons (Fsp3) is 0.280. The zero-order valence-electron chi connectivity index (χ0n) is 18.6. The van der Waals surface area contributed by atoms with Gasteiger partial charge in [0.2, 0.25) is 11.5 Å². The molecule has 1 aromatic carbocycles. The summed E-state index contributed by atoms with van der Waals surface area (Å²) in [7, 11) is 0. The number of nitrogens with two attached hydrogens (primary N) is 1. The number of aromatic amines is 3. The molecule has 1 fully saturated rings. The summed E-state index contributed by atoms with van der Waals surface area (Å²) in [6.45, 7) is 5.56. The Kier molecular flexibility index (Phi) is 4.56. The minimum atomic E-state index is -0.292. The number of nitrogens with zero attached hydrogens (tertiary/aromatic N) is 3. The molecule has 34 heavy (non-hydrogen) atoms. The van der Waals surface area contributed by atoms with Gasteiger partial charge >= 0.3 is 0 Å². The second kappa shape index (κ2) is 7.53. The number of fused-ring (bicyclic) bond motifs is 2. The first kappa shape index (κ1) is 20.6. The summed E-state index contributed by atoms with van der Waals surface area (Å²) in [5.74, 6) is 0.522. The van der Waals surface area contributed by atoms with Gasteiger partial charge in [0.25, 0.3) is 5.56 Å². The van der Waals surface area contributed by atoms with E-state index >= 15 is 0 Å². The third kappa shape index (κ3) is 3.12. The summed E-state index contributed by atoms with van der Waals surface area (Å²) in [5, 5.41) is 7.48. The van der Waals surface area contributed by atoms with Crippen LogP contribution in [0.15, 0.2) is 58.8 Å². The van der Waals surface area contributed by atoms with Crippen LogP contribution >= 0.6 is 0 Å². The second-order valence-corrected chi connectivity index (χ2v) is 9.31. The van der Waals surface area contributed by atoms with Gasteiger partial charge in [-0.2, -0.15) is 10.1 Å². The maximum Gasteiger partial charge on any atom is 0.264 e. The summed E-state index contributed by atoms with van der Waals surface area (Å²) < 4.78 is 0. The standard InChI is InChI=1S/C25H25N7O2/c1-14(15-6-9-27-18(33)12-15)20-19-22(31-30-20)28-24(29-23(19)34)32-10-7-25(8-11-32)13-16-4-2-3-5-17(16)21(25)26/h2-6,9,12,21H,1,7-8,10-11,13,26H2,(H,27,33)(H2,28,29,30,31,34)/t21-/m1/s1. The molecule has 4 heterocycles. The van der Waals surface area contributed by atoms with Gasteiger partial charge in [-0.25, -0.2) is 0 Å². The molecule has 0 bridgehead atoms. The van der Waals surface area contributed by atoms with Crippen LogP contribution in [0.1, 0.15) is 41.3 Å². The summed E-state index contributed by atoms with van der Waals surface area (Å²) in [6, 6.07) is 11.6. The molecule has 3 aromatic heterocycles. The van der Waals surface area contributed by atoms with Crippen molar-refractivity contribution >= 4 is 22.6 Å². The Bertz CT molecular complexity index is 1540. The predicted octanol–water partition coefficient (Wildman–Crippen LogP) is 2.24. The first-order valence-electron chi connectivity index (χ1n) is 11.4. The first-order chi connectivity index (χ1) is 16.4. The number of nitrogens with one attached hydrogen (secondary N) is 3. The maximum absolute atomic E-state index is 13.1. The van der Waals surface area contributed by atoms with Gasteiger partial charge in [-0.05, 0) is 47.4 Å². The molecule has 1 aliphatic carbocycles. The van der Waals surface area contributed by atoms with E-state index in [1.54, 1.807) is 6.07 Å². The number of benzene rings is 1. The van der Waals surface area contributed by atoms with Gasteiger partial charge in [0, 0.05) is 37.0 Å². The summed E-state index contributed by atoms with van der Waals surface area (Å²) in [4.78, 5) is 37.0. The molecule has 4 aromatic rings. The van der Waals surface area contributed by atoms with Gasteiger partial charge in [0.05, 0.1) is 0 Å². The molecule has 172 valence electrons. The van der Waals surface area contributed by atoms with E-state index < -0.39 is 0 Å². The number of hydrogen-bond acceptors (Lipinski definition) is 6. The summed E-state index contributed by atoms with van der Waals surface area (Å²) in [5.41, 5.74) is 10.7. The van der Waals surface area contributed by atoms with Crippen molar-refractivity contribution < 1.29 is 0 Å². The lowest BCUT2D eigenvalue weighted by Gasteiger charge is -2.42. The van der Waals surface area contributed by atoms with Crippen LogP contribution in [0, 0.1) is 5.41 Å². The predicted molar refractivity (Wildman–Crippen MR) is 131 cm³/mol. The van der Waals surface area contributed by atoms with Crippen LogP contribution in [0.25, 0.3) is 16.6 Å². The smallest absolute Gasteiger partial charge is 0.264 e. The van der Waals surface area contributed by atoms with E-state index in [4.69, 9.17) is 5.73 Å². The van der Waals surface area contributed by atoms with E-state index in [0.29, 0.717) is 33.8 Å². The van der Waals surface area contributed by atoms with Gasteiger partial charge in [-0.1, -0.05) is 30.8 Å². The lowest BCUT2D eigenvalue weighted by atomic mass is 9.73. The van der Waals surface area contributed by atoms with Crippen LogP contribution in [-0.4, -0.2) is 38.2 Å². The molecule has 9 nitrogen and oxygen atoms in total. The first-order valence-corrected chi connectivity index (χ1v) is 11.4. The van der Waals surface area contributed by atoms with Gasteiger partial charge in [0.15, 0.2) is 5.65 Å². The second-order valence-electron chi connectivity index (χ2n) is 9.31. The van der Waals surface area contributed by atoms with Crippen molar-refractivity contribution in [3.8, 4) is 0 Å². The van der Waals surface area contributed by atoms with Crippen molar-refractivity contribution in [2.45, 2.75) is 25.3 Å². The highest BCUT2D eigenvalue weighted by atomic mass is 16.1. The van der Waals surface area contributed by atoms with Crippen molar-refractivity contribution in [2.24, 2.45) is 11.1 Å². The Morgan fingerprint density at radius 2 is 1.97 bits per heavy atom. The third-order valence-electron chi connectivity index (χ3n) is 7.48. The van der Waals surface area contributed by atoms with Crippen molar-refractivity contribution in [2.75, 3.05) is 18.0 Å². The number of hydrogen-bond donors (Lipinski definition) is 4. The van der Waals surface area contributed by atoms with Gasteiger partial charge < -0.3 is 15.6 Å². The van der Waals surface area contributed by atoms with Crippen LogP contribution in [0.5, 0.6) is 0 Å². The van der Waals surface area contributed by atoms with E-state index in [-0.39, 0.29) is 22.6 Å². The van der Waals surface area contributed by atoms with E-state index in [2.05, 4.69) is 60.9 Å². The van der Waals surface area contributed by atoms with Gasteiger partial charge in [0.1, 0.15) is 11.1 Å². The molecule has 2 aliphatic rings. The Balaban J connectivity index is 1.26. The molecular weight excluding hydrogens is 430 g/mol. The summed E-state index contributed by atoms with van der Waals surface area (Å²) in [6.07, 6.45) is 4.39. The lowest BCUT2D eigenvalue weighted by molar-refractivity contribution is 0.187. The molecule has 0 amide bonds. The zero-order chi connectivity index (χ0) is 23.4. The molecule has 5 N–H and O–H groups in total. The third-order valence-corrected chi connectivity index (χ3v) is 7.48. The van der Waals surface area contributed by atoms with E-state index in [1.807, 2.05) is 0 Å². The number of pyridine rings is 1. The Morgan fingerprint density at radius 1 is 1.18 bits per heavy atom. The molecule has 1 spiro atoms. The minimum absolute atomic E-state index is 0.0340. The minimum Gasteiger partial charge on any atom is -0.342 e. The lowest BCUT2D eigenvalue weighted by Crippen LogP contribution is -2.45. The van der Waals surface area contributed by atoms with E-state index in [9.17, 15) is 9.59 Å². The average Bonchev–Trinajstić information content (AvgIpc) is 3.39. The molecule has 1 saturated heterocycles. The molecule has 6 rings (SSSR count). The van der Waals surface area contributed by atoms with E-state index in [0.717, 1.165) is 32.4 Å². The fourth-order valence-electron chi connectivity index (χ4n) is 5.53. The Labute approximate surface area is 194 Å². The van der Waals surface area contributed by atoms with Crippen molar-refractivity contribution in [3.05, 3.63) is 92.3 Å². The SMILES string of the molecule is C=C(c1cc[nH]c(=O)c1)c1n[nH]c2nc(N3CCC4(CC3)Cc3ccccc3[C@H]4N)[nH]c(=O)c12. The topological polar surface area (TPSA) is 137 Å². The zero-order valence-corrected chi connectivity index (χ0v) is 18.6. The number of H-pyrrole nitrogens is 3. The van der Waals surface area contributed by atoms with Gasteiger partial charge in [-0.15, -0.1) is 0 Å². The Morgan fingerprint density at radius 3 is 2.74 bits per heavy atom. The highest BCUT2D eigenvalue weighted by molar-refractivity contribution is 5.92. The molecule has 9 heteroatoms. The Hall–Kier alpha value is -3.98. The highest BCUT2D eigenvalue weighted by Gasteiger charge is 2.46. The fourth-order valence-corrected chi connectivity index (χ4v) is 5.53. The van der Waals surface area contributed by atoms with Crippen LogP contribution in [0.4, 0.5) is 5.95 Å². The van der Waals surface area contributed by atoms with Crippen molar-refractivity contribution in [3.63, 3.8) is 0 Å². The van der Waals surface area contributed by atoms with Crippen LogP contribution < -0.4 is 21.8 Å².